The summed E-state index contributed by atoms with van der Waals surface area (Å²) in [4.78, 5) is 12.2. The lowest BCUT2D eigenvalue weighted by Gasteiger charge is -2.22. The number of ether oxygens (including phenoxy) is 2. The first-order valence-electron chi connectivity index (χ1n) is 8.44. The van der Waals surface area contributed by atoms with Crippen molar-refractivity contribution < 1.29 is 14.3 Å². The summed E-state index contributed by atoms with van der Waals surface area (Å²) in [7, 11) is 1.58. The number of rotatable bonds is 6. The Morgan fingerprint density at radius 2 is 2.08 bits per heavy atom. The highest BCUT2D eigenvalue weighted by atomic mass is 35.5. The van der Waals surface area contributed by atoms with Crippen molar-refractivity contribution in [1.82, 2.24) is 15.5 Å². The Hall–Kier alpha value is -2.38. The van der Waals surface area contributed by atoms with Crippen molar-refractivity contribution in [2.75, 3.05) is 25.6 Å². The van der Waals surface area contributed by atoms with Gasteiger partial charge in [-0.25, -0.2) is 0 Å². The van der Waals surface area contributed by atoms with Gasteiger partial charge in [0.1, 0.15) is 11.6 Å². The zero-order chi connectivity index (χ0) is 18.4. The molecular weight excluding hydrogens is 356 g/mol. The van der Waals surface area contributed by atoms with Gasteiger partial charge in [0, 0.05) is 25.8 Å². The second kappa shape index (κ2) is 8.82. The van der Waals surface area contributed by atoms with Crippen LogP contribution < -0.4 is 15.4 Å². The molecule has 2 N–H and O–H groups in total. The highest BCUT2D eigenvalue weighted by Crippen LogP contribution is 2.25. The number of carbonyl (C=O) groups excluding carboxylic acids is 1. The summed E-state index contributed by atoms with van der Waals surface area (Å²) in [5.41, 5.74) is 1.29. The average molecular weight is 377 g/mol. The van der Waals surface area contributed by atoms with Crippen LogP contribution in [-0.2, 0) is 11.3 Å². The fourth-order valence-electron chi connectivity index (χ4n) is 2.66. The Kier molecular flexibility index (Phi) is 6.25. The van der Waals surface area contributed by atoms with Crippen molar-refractivity contribution in [3.05, 3.63) is 46.6 Å². The van der Waals surface area contributed by atoms with Crippen LogP contribution in [-0.4, -0.2) is 42.5 Å². The summed E-state index contributed by atoms with van der Waals surface area (Å²) in [6.45, 7) is 1.88. The predicted molar refractivity (Wildman–Crippen MR) is 98.7 cm³/mol. The van der Waals surface area contributed by atoms with Crippen LogP contribution in [0.25, 0.3) is 0 Å². The summed E-state index contributed by atoms with van der Waals surface area (Å²) < 4.78 is 10.4. The third-order valence-corrected chi connectivity index (χ3v) is 4.44. The molecule has 1 aliphatic heterocycles. The zero-order valence-electron chi connectivity index (χ0n) is 14.5. The number of methoxy groups -OCH3 is 1. The van der Waals surface area contributed by atoms with E-state index < -0.39 is 0 Å². The number of benzene rings is 1. The molecule has 1 amide bonds. The van der Waals surface area contributed by atoms with Gasteiger partial charge in [0.25, 0.3) is 5.91 Å². The number of hydrogen-bond donors (Lipinski definition) is 2. The molecule has 0 unspecified atom stereocenters. The Morgan fingerprint density at radius 3 is 2.73 bits per heavy atom. The summed E-state index contributed by atoms with van der Waals surface area (Å²) in [6.07, 6.45) is 1.65. The molecule has 0 spiro atoms. The van der Waals surface area contributed by atoms with E-state index in [0.717, 1.165) is 18.4 Å². The molecule has 1 aromatic heterocycles. The molecule has 1 aromatic carbocycles. The van der Waals surface area contributed by atoms with Crippen LogP contribution in [0.3, 0.4) is 0 Å². The van der Waals surface area contributed by atoms with Crippen molar-refractivity contribution in [1.29, 1.82) is 0 Å². The molecular formula is C18H21ClN4O3. The van der Waals surface area contributed by atoms with E-state index in [1.807, 2.05) is 18.2 Å². The van der Waals surface area contributed by atoms with Gasteiger partial charge in [-0.1, -0.05) is 17.7 Å². The molecule has 3 rings (SSSR count). The number of hydrogen-bond acceptors (Lipinski definition) is 6. The maximum absolute atomic E-state index is 12.2. The fraction of sp³-hybridized carbons (Fsp3) is 0.389. The lowest BCUT2D eigenvalue weighted by atomic mass is 10.1. The maximum Gasteiger partial charge on any atom is 0.272 e. The van der Waals surface area contributed by atoms with Gasteiger partial charge in [-0.15, -0.1) is 10.2 Å². The summed E-state index contributed by atoms with van der Waals surface area (Å²) in [5.74, 6) is 1.01. The van der Waals surface area contributed by atoms with Gasteiger partial charge in [0.15, 0.2) is 5.69 Å². The first kappa shape index (κ1) is 18.4. The number of anilines is 1. The lowest BCUT2D eigenvalue weighted by Crippen LogP contribution is -2.39. The molecule has 26 heavy (non-hydrogen) atoms. The number of carbonyl (C=O) groups is 1. The number of aromatic nitrogens is 2. The molecule has 0 radical (unpaired) electrons. The molecule has 8 heteroatoms. The van der Waals surface area contributed by atoms with Crippen LogP contribution in [0.5, 0.6) is 5.75 Å². The molecule has 0 atom stereocenters. The molecule has 0 saturated carbocycles. The molecule has 0 aliphatic carbocycles. The number of halogens is 1. The predicted octanol–water partition coefficient (Wildman–Crippen LogP) is 2.66. The van der Waals surface area contributed by atoms with Crippen LogP contribution in [0.1, 0.15) is 28.9 Å². The summed E-state index contributed by atoms with van der Waals surface area (Å²) in [6, 6.07) is 9.09. The fourth-order valence-corrected chi connectivity index (χ4v) is 2.94. The number of amides is 1. The molecule has 0 bridgehead atoms. The van der Waals surface area contributed by atoms with E-state index in [4.69, 9.17) is 21.1 Å². The smallest absolute Gasteiger partial charge is 0.272 e. The summed E-state index contributed by atoms with van der Waals surface area (Å²) >= 11 is 6.11. The van der Waals surface area contributed by atoms with Crippen molar-refractivity contribution in [2.24, 2.45) is 0 Å². The highest BCUT2D eigenvalue weighted by Gasteiger charge is 2.18. The number of nitrogens with zero attached hydrogens (tertiary/aromatic N) is 2. The molecule has 138 valence electrons. The van der Waals surface area contributed by atoms with Crippen LogP contribution in [0, 0.1) is 0 Å². The van der Waals surface area contributed by atoms with E-state index in [0.29, 0.717) is 42.0 Å². The van der Waals surface area contributed by atoms with E-state index in [-0.39, 0.29) is 11.9 Å². The first-order valence-corrected chi connectivity index (χ1v) is 8.82. The minimum Gasteiger partial charge on any atom is -0.495 e. The van der Waals surface area contributed by atoms with E-state index in [1.54, 1.807) is 19.2 Å². The van der Waals surface area contributed by atoms with E-state index >= 15 is 0 Å². The van der Waals surface area contributed by atoms with Crippen LogP contribution in [0.15, 0.2) is 30.3 Å². The number of nitrogens with one attached hydrogen (secondary N) is 2. The van der Waals surface area contributed by atoms with Gasteiger partial charge >= 0.3 is 0 Å². The standard InChI is InChI=1S/C18H21ClN4O3/c1-25-16-4-2-12(10-14(16)19)11-20-17-5-3-15(22-23-17)18(24)21-13-6-8-26-9-7-13/h2-5,10,13H,6-9,11H2,1H3,(H,20,23)(H,21,24). The van der Waals surface area contributed by atoms with Gasteiger partial charge in [-0.05, 0) is 42.7 Å². The minimum absolute atomic E-state index is 0.135. The Balaban J connectivity index is 1.54. The summed E-state index contributed by atoms with van der Waals surface area (Å²) in [5, 5.41) is 14.7. The van der Waals surface area contributed by atoms with Crippen molar-refractivity contribution in [2.45, 2.75) is 25.4 Å². The van der Waals surface area contributed by atoms with Crippen LogP contribution in [0.2, 0.25) is 5.02 Å². The Labute approximate surface area is 157 Å². The van der Waals surface area contributed by atoms with Crippen molar-refractivity contribution >= 4 is 23.3 Å². The third kappa shape index (κ3) is 4.83. The van der Waals surface area contributed by atoms with Gasteiger partial charge in [-0.3, -0.25) is 4.79 Å². The zero-order valence-corrected chi connectivity index (χ0v) is 15.3. The van der Waals surface area contributed by atoms with Gasteiger partial charge in [0.2, 0.25) is 0 Å². The van der Waals surface area contributed by atoms with E-state index in [1.165, 1.54) is 0 Å². The van der Waals surface area contributed by atoms with Crippen LogP contribution >= 0.6 is 11.6 Å². The van der Waals surface area contributed by atoms with Gasteiger partial charge < -0.3 is 20.1 Å². The normalized spacial score (nSPS) is 14.7. The second-order valence-electron chi connectivity index (χ2n) is 5.99. The quantitative estimate of drug-likeness (QED) is 0.806. The molecule has 1 saturated heterocycles. The Morgan fingerprint density at radius 1 is 1.27 bits per heavy atom. The van der Waals surface area contributed by atoms with Crippen molar-refractivity contribution in [3.8, 4) is 5.75 Å². The van der Waals surface area contributed by atoms with E-state index in [9.17, 15) is 4.79 Å². The second-order valence-corrected chi connectivity index (χ2v) is 6.39. The molecule has 2 heterocycles. The maximum atomic E-state index is 12.2. The largest absolute Gasteiger partial charge is 0.495 e. The third-order valence-electron chi connectivity index (χ3n) is 4.14. The minimum atomic E-state index is -0.210. The molecule has 2 aromatic rings. The molecule has 7 nitrogen and oxygen atoms in total. The topological polar surface area (TPSA) is 85.4 Å². The van der Waals surface area contributed by atoms with Gasteiger partial charge in [-0.2, -0.15) is 0 Å². The SMILES string of the molecule is COc1ccc(CNc2ccc(C(=O)NC3CCOCC3)nn2)cc1Cl. The van der Waals surface area contributed by atoms with Crippen LogP contribution in [0.4, 0.5) is 5.82 Å². The molecule has 1 aliphatic rings. The Bertz CT molecular complexity index is 749. The van der Waals surface area contributed by atoms with Crippen molar-refractivity contribution in [3.63, 3.8) is 0 Å². The highest BCUT2D eigenvalue weighted by molar-refractivity contribution is 6.32. The molecule has 1 fully saturated rings. The lowest BCUT2D eigenvalue weighted by molar-refractivity contribution is 0.0693. The first-order chi connectivity index (χ1) is 12.7. The van der Waals surface area contributed by atoms with Gasteiger partial charge in [0.05, 0.1) is 12.1 Å². The van der Waals surface area contributed by atoms with E-state index in [2.05, 4.69) is 20.8 Å². The average Bonchev–Trinajstić information content (AvgIpc) is 2.67. The monoisotopic (exact) mass is 376 g/mol.